The second-order valence-electron chi connectivity index (χ2n) is 5.49. The van der Waals surface area contributed by atoms with E-state index in [2.05, 4.69) is 10.3 Å². The van der Waals surface area contributed by atoms with Gasteiger partial charge in [-0.2, -0.15) is 0 Å². The molecule has 0 spiro atoms. The third kappa shape index (κ3) is 2.92. The molecule has 0 atom stereocenters. The summed E-state index contributed by atoms with van der Waals surface area (Å²) >= 11 is 0. The molecule has 0 fully saturated rings. The minimum atomic E-state index is -0.505. The van der Waals surface area contributed by atoms with Gasteiger partial charge in [0.2, 0.25) is 0 Å². The van der Waals surface area contributed by atoms with Crippen LogP contribution in [0.4, 0.5) is 0 Å². The molecule has 0 unspecified atom stereocenters. The fourth-order valence-corrected chi connectivity index (χ4v) is 2.53. The fourth-order valence-electron chi connectivity index (χ4n) is 2.53. The van der Waals surface area contributed by atoms with Crippen molar-refractivity contribution in [3.63, 3.8) is 0 Å². The molecule has 0 saturated heterocycles. The number of esters is 1. The highest BCUT2D eigenvalue weighted by molar-refractivity contribution is 5.88. The number of rotatable bonds is 4. The topological polar surface area (TPSA) is 87.2 Å². The number of nitrogens with zero attached hydrogens (tertiary/aromatic N) is 3. The highest BCUT2D eigenvalue weighted by atomic mass is 16.5. The summed E-state index contributed by atoms with van der Waals surface area (Å²) < 4.78 is 11.8. The number of hydrogen-bond donors (Lipinski definition) is 0. The van der Waals surface area contributed by atoms with Crippen molar-refractivity contribution in [2.45, 2.75) is 27.3 Å². The van der Waals surface area contributed by atoms with Gasteiger partial charge in [0.1, 0.15) is 5.58 Å². The Morgan fingerprint density at radius 2 is 2.08 bits per heavy atom. The quantitative estimate of drug-likeness (QED) is 0.539. The first-order valence-corrected chi connectivity index (χ1v) is 7.60. The summed E-state index contributed by atoms with van der Waals surface area (Å²) in [4.78, 5) is 23.6. The number of carbonyl (C=O) groups excluding carboxylic acids is 1. The Morgan fingerprint density at radius 3 is 2.83 bits per heavy atom. The van der Waals surface area contributed by atoms with E-state index in [-0.39, 0.29) is 12.3 Å². The second kappa shape index (κ2) is 6.27. The van der Waals surface area contributed by atoms with Crippen LogP contribution < -0.4 is 5.63 Å². The van der Waals surface area contributed by atoms with Crippen molar-refractivity contribution in [2.24, 2.45) is 0 Å². The normalized spacial score (nSPS) is 11.0. The third-order valence-corrected chi connectivity index (χ3v) is 3.76. The zero-order chi connectivity index (χ0) is 17.3. The molecule has 24 heavy (non-hydrogen) atoms. The van der Waals surface area contributed by atoms with Crippen LogP contribution in [0.15, 0.2) is 33.5 Å². The highest BCUT2D eigenvalue weighted by Crippen LogP contribution is 2.20. The third-order valence-electron chi connectivity index (χ3n) is 3.76. The molecule has 2 heterocycles. The van der Waals surface area contributed by atoms with Crippen LogP contribution >= 0.6 is 0 Å². The summed E-state index contributed by atoms with van der Waals surface area (Å²) in [6.45, 7) is 6.02. The fraction of sp³-hybridized carbons (Fsp3) is 0.294. The van der Waals surface area contributed by atoms with Gasteiger partial charge in [-0.05, 0) is 38.5 Å². The molecule has 0 amide bonds. The summed E-state index contributed by atoms with van der Waals surface area (Å²) in [6, 6.07) is 7.04. The van der Waals surface area contributed by atoms with Crippen molar-refractivity contribution < 1.29 is 13.9 Å². The van der Waals surface area contributed by atoms with Crippen molar-refractivity contribution >= 4 is 16.9 Å². The van der Waals surface area contributed by atoms with Crippen LogP contribution in [0.2, 0.25) is 0 Å². The van der Waals surface area contributed by atoms with Gasteiger partial charge >= 0.3 is 11.6 Å². The Kier molecular flexibility index (Phi) is 4.16. The smallest absolute Gasteiger partial charge is 0.360 e. The largest absolute Gasteiger partial charge is 0.461 e. The van der Waals surface area contributed by atoms with Gasteiger partial charge in [0.25, 0.3) is 0 Å². The molecule has 0 aliphatic rings. The van der Waals surface area contributed by atoms with Crippen molar-refractivity contribution in [3.05, 3.63) is 57.2 Å². The molecular formula is C17H17N3O4. The average Bonchev–Trinajstić information content (AvgIpc) is 2.89. The lowest BCUT2D eigenvalue weighted by molar-refractivity contribution is 0.0518. The second-order valence-corrected chi connectivity index (χ2v) is 5.49. The van der Waals surface area contributed by atoms with Crippen LogP contribution in [0.3, 0.4) is 0 Å². The van der Waals surface area contributed by atoms with Gasteiger partial charge in [-0.1, -0.05) is 16.8 Å². The standard InChI is InChI=1S/C17H17N3O4/c1-4-23-17(22)16-11(3)20(19-18-16)9-12-8-15(21)24-14-6-5-10(2)7-13(12)14/h5-8H,4,9H2,1-3H3. The number of fused-ring (bicyclic) bond motifs is 1. The number of carbonyl (C=O) groups is 1. The number of hydrogen-bond acceptors (Lipinski definition) is 6. The van der Waals surface area contributed by atoms with E-state index in [1.54, 1.807) is 24.6 Å². The molecule has 0 N–H and O–H groups in total. The summed E-state index contributed by atoms with van der Waals surface area (Å²) in [5.74, 6) is -0.505. The van der Waals surface area contributed by atoms with Gasteiger partial charge < -0.3 is 9.15 Å². The van der Waals surface area contributed by atoms with Gasteiger partial charge in [-0.3, -0.25) is 0 Å². The van der Waals surface area contributed by atoms with Gasteiger partial charge in [-0.25, -0.2) is 14.3 Å². The molecule has 0 aliphatic heterocycles. The van der Waals surface area contributed by atoms with E-state index in [1.807, 2.05) is 19.1 Å². The number of aromatic nitrogens is 3. The predicted molar refractivity (Wildman–Crippen MR) is 87.0 cm³/mol. The van der Waals surface area contributed by atoms with E-state index < -0.39 is 11.6 Å². The average molecular weight is 327 g/mol. The molecule has 1 aromatic carbocycles. The molecular weight excluding hydrogens is 310 g/mol. The maximum atomic E-state index is 11.8. The lowest BCUT2D eigenvalue weighted by atomic mass is 10.1. The molecule has 3 rings (SSSR count). The van der Waals surface area contributed by atoms with Crippen molar-refractivity contribution in [1.29, 1.82) is 0 Å². The van der Waals surface area contributed by atoms with E-state index in [9.17, 15) is 9.59 Å². The van der Waals surface area contributed by atoms with E-state index in [0.29, 0.717) is 17.8 Å². The van der Waals surface area contributed by atoms with Crippen molar-refractivity contribution in [2.75, 3.05) is 6.61 Å². The van der Waals surface area contributed by atoms with Crippen LogP contribution in [0, 0.1) is 13.8 Å². The zero-order valence-corrected chi connectivity index (χ0v) is 13.7. The number of benzene rings is 1. The monoisotopic (exact) mass is 327 g/mol. The SMILES string of the molecule is CCOC(=O)c1nnn(Cc2cc(=O)oc3ccc(C)cc23)c1C. The van der Waals surface area contributed by atoms with E-state index >= 15 is 0 Å². The lowest BCUT2D eigenvalue weighted by Gasteiger charge is -2.07. The van der Waals surface area contributed by atoms with Crippen LogP contribution in [-0.4, -0.2) is 27.6 Å². The molecule has 0 bridgehead atoms. The molecule has 3 aromatic rings. The van der Waals surface area contributed by atoms with Crippen molar-refractivity contribution in [3.8, 4) is 0 Å². The van der Waals surface area contributed by atoms with E-state index in [0.717, 1.165) is 16.5 Å². The van der Waals surface area contributed by atoms with Crippen LogP contribution in [0.25, 0.3) is 11.0 Å². The maximum Gasteiger partial charge on any atom is 0.360 e. The minimum absolute atomic E-state index is 0.181. The van der Waals surface area contributed by atoms with Crippen molar-refractivity contribution in [1.82, 2.24) is 15.0 Å². The van der Waals surface area contributed by atoms with E-state index in [4.69, 9.17) is 9.15 Å². The van der Waals surface area contributed by atoms with Crippen LogP contribution in [0.5, 0.6) is 0 Å². The Bertz CT molecular complexity index is 972. The molecule has 0 saturated carbocycles. The molecule has 7 heteroatoms. The van der Waals surface area contributed by atoms with Crippen LogP contribution in [-0.2, 0) is 11.3 Å². The number of aryl methyl sites for hydroxylation is 1. The first-order chi connectivity index (χ1) is 11.5. The first-order valence-electron chi connectivity index (χ1n) is 7.60. The molecule has 0 radical (unpaired) electrons. The Morgan fingerprint density at radius 1 is 1.29 bits per heavy atom. The number of ether oxygens (including phenoxy) is 1. The molecule has 124 valence electrons. The minimum Gasteiger partial charge on any atom is -0.461 e. The maximum absolute atomic E-state index is 11.8. The Labute approximate surface area is 137 Å². The Hall–Kier alpha value is -2.96. The summed E-state index contributed by atoms with van der Waals surface area (Å²) in [6.07, 6.45) is 0. The lowest BCUT2D eigenvalue weighted by Crippen LogP contribution is -2.10. The van der Waals surface area contributed by atoms with Crippen LogP contribution in [0.1, 0.15) is 34.2 Å². The predicted octanol–water partition coefficient (Wildman–Crippen LogP) is 2.23. The Balaban J connectivity index is 2.03. The molecule has 2 aromatic heterocycles. The van der Waals surface area contributed by atoms with Gasteiger partial charge in [-0.15, -0.1) is 5.10 Å². The van der Waals surface area contributed by atoms with E-state index in [1.165, 1.54) is 6.07 Å². The summed E-state index contributed by atoms with van der Waals surface area (Å²) in [7, 11) is 0. The molecule has 0 aliphatic carbocycles. The van der Waals surface area contributed by atoms with Gasteiger partial charge in [0, 0.05) is 11.5 Å². The highest BCUT2D eigenvalue weighted by Gasteiger charge is 2.18. The zero-order valence-electron chi connectivity index (χ0n) is 13.7. The molecule has 7 nitrogen and oxygen atoms in total. The summed E-state index contributed by atoms with van der Waals surface area (Å²) in [5.41, 5.74) is 2.67. The first kappa shape index (κ1) is 15.9. The van der Waals surface area contributed by atoms with Gasteiger partial charge in [0.15, 0.2) is 5.69 Å². The van der Waals surface area contributed by atoms with Gasteiger partial charge in [0.05, 0.1) is 18.8 Å². The summed E-state index contributed by atoms with van der Waals surface area (Å²) in [5, 5.41) is 8.73.